The van der Waals surface area contributed by atoms with Crippen LogP contribution in [-0.4, -0.2) is 32.2 Å². The standard InChI is InChI=1S/C30H21FIN7O/c1-33-30-35-17-15-25(37-30)22-5-3-16-34-29(22)40-21-13-11-20(12-14-21)36-28-23-4-2-6-24(32)26(23)27(38-39-28)18-7-9-19(31)10-8-18/h2-17H,1H3,(H,36,39)(H,33,35,37). The van der Waals surface area contributed by atoms with Gasteiger partial charge in [-0.2, -0.15) is 0 Å². The maximum atomic E-state index is 13.5. The lowest BCUT2D eigenvalue weighted by molar-refractivity contribution is 0.465. The van der Waals surface area contributed by atoms with Gasteiger partial charge in [0.15, 0.2) is 5.82 Å². The average Bonchev–Trinajstić information content (AvgIpc) is 2.99. The number of pyridine rings is 1. The third kappa shape index (κ3) is 5.25. The lowest BCUT2D eigenvalue weighted by Crippen LogP contribution is -2.00. The summed E-state index contributed by atoms with van der Waals surface area (Å²) in [5.41, 5.74) is 3.76. The molecular weight excluding hydrogens is 620 g/mol. The van der Waals surface area contributed by atoms with Crippen molar-refractivity contribution < 1.29 is 9.13 Å². The molecule has 0 radical (unpaired) electrons. The predicted molar refractivity (Wildman–Crippen MR) is 162 cm³/mol. The molecule has 40 heavy (non-hydrogen) atoms. The zero-order valence-electron chi connectivity index (χ0n) is 21.1. The highest BCUT2D eigenvalue weighted by Gasteiger charge is 2.15. The van der Waals surface area contributed by atoms with Crippen molar-refractivity contribution in [2.45, 2.75) is 0 Å². The summed E-state index contributed by atoms with van der Waals surface area (Å²) in [4.78, 5) is 13.1. The van der Waals surface area contributed by atoms with Crippen molar-refractivity contribution in [3.05, 3.63) is 107 Å². The molecule has 10 heteroatoms. The van der Waals surface area contributed by atoms with Crippen molar-refractivity contribution in [1.29, 1.82) is 0 Å². The van der Waals surface area contributed by atoms with E-state index in [1.807, 2.05) is 60.7 Å². The maximum Gasteiger partial charge on any atom is 0.228 e. The molecule has 3 aromatic heterocycles. The molecule has 8 nitrogen and oxygen atoms in total. The number of nitrogens with one attached hydrogen (secondary N) is 2. The Kier molecular flexibility index (Phi) is 7.15. The molecule has 6 aromatic rings. The highest BCUT2D eigenvalue weighted by Crippen LogP contribution is 2.35. The van der Waals surface area contributed by atoms with Gasteiger partial charge in [0.05, 0.1) is 11.3 Å². The second-order valence-corrected chi connectivity index (χ2v) is 9.85. The Balaban J connectivity index is 1.27. The van der Waals surface area contributed by atoms with E-state index < -0.39 is 0 Å². The zero-order valence-corrected chi connectivity index (χ0v) is 23.3. The van der Waals surface area contributed by atoms with E-state index in [0.29, 0.717) is 34.8 Å². The first-order chi connectivity index (χ1) is 19.6. The minimum atomic E-state index is -0.294. The summed E-state index contributed by atoms with van der Waals surface area (Å²) >= 11 is 2.29. The van der Waals surface area contributed by atoms with Crippen LogP contribution in [-0.2, 0) is 0 Å². The Labute approximate surface area is 242 Å². The number of aromatic nitrogens is 5. The molecular formula is C30H21FIN7O. The molecule has 3 aromatic carbocycles. The van der Waals surface area contributed by atoms with Gasteiger partial charge < -0.3 is 15.4 Å². The third-order valence-corrected chi connectivity index (χ3v) is 7.03. The van der Waals surface area contributed by atoms with Gasteiger partial charge in [-0.1, -0.05) is 12.1 Å². The molecule has 0 saturated carbocycles. The minimum absolute atomic E-state index is 0.294. The zero-order chi connectivity index (χ0) is 27.5. The molecule has 0 aliphatic rings. The van der Waals surface area contributed by atoms with E-state index in [-0.39, 0.29) is 5.82 Å². The molecule has 0 aliphatic heterocycles. The molecule has 196 valence electrons. The smallest absolute Gasteiger partial charge is 0.228 e. The van der Waals surface area contributed by atoms with Gasteiger partial charge in [0.1, 0.15) is 17.3 Å². The first-order valence-corrected chi connectivity index (χ1v) is 13.4. The lowest BCUT2D eigenvalue weighted by Gasteiger charge is -2.13. The fourth-order valence-electron chi connectivity index (χ4n) is 4.22. The van der Waals surface area contributed by atoms with Gasteiger partial charge in [0, 0.05) is 45.0 Å². The monoisotopic (exact) mass is 641 g/mol. The van der Waals surface area contributed by atoms with Gasteiger partial charge in [-0.3, -0.25) is 0 Å². The summed E-state index contributed by atoms with van der Waals surface area (Å²) in [7, 11) is 1.77. The SMILES string of the molecule is CNc1nccc(-c2cccnc2Oc2ccc(Nc3nnc(-c4ccc(F)cc4)c4c(I)cccc34)cc2)n1. The molecule has 0 atom stereocenters. The number of rotatable bonds is 7. The number of benzene rings is 3. The number of fused-ring (bicyclic) bond motifs is 1. The third-order valence-electron chi connectivity index (χ3n) is 6.13. The maximum absolute atomic E-state index is 13.5. The van der Waals surface area contributed by atoms with Crippen LogP contribution in [0, 0.1) is 9.39 Å². The topological polar surface area (TPSA) is 97.7 Å². The van der Waals surface area contributed by atoms with E-state index in [1.54, 1.807) is 31.6 Å². The molecule has 0 unspecified atom stereocenters. The molecule has 0 amide bonds. The van der Waals surface area contributed by atoms with Gasteiger partial charge in [-0.15, -0.1) is 10.2 Å². The van der Waals surface area contributed by atoms with E-state index in [2.05, 4.69) is 58.4 Å². The Bertz CT molecular complexity index is 1820. The normalized spacial score (nSPS) is 10.9. The largest absolute Gasteiger partial charge is 0.438 e. The summed E-state index contributed by atoms with van der Waals surface area (Å²) < 4.78 is 20.7. The number of halogens is 2. The number of anilines is 3. The van der Waals surface area contributed by atoms with Crippen molar-refractivity contribution in [1.82, 2.24) is 25.1 Å². The molecule has 6 rings (SSSR count). The van der Waals surface area contributed by atoms with E-state index in [0.717, 1.165) is 31.2 Å². The van der Waals surface area contributed by atoms with Crippen LogP contribution in [0.5, 0.6) is 11.6 Å². The van der Waals surface area contributed by atoms with E-state index in [9.17, 15) is 4.39 Å². The minimum Gasteiger partial charge on any atom is -0.438 e. The summed E-state index contributed by atoms with van der Waals surface area (Å²) in [6.07, 6.45) is 3.36. The fraction of sp³-hybridized carbons (Fsp3) is 0.0333. The van der Waals surface area contributed by atoms with E-state index in [1.165, 1.54) is 12.1 Å². The quantitative estimate of drug-likeness (QED) is 0.173. The Hall–Kier alpha value is -4.71. The first kappa shape index (κ1) is 25.6. The van der Waals surface area contributed by atoms with Crippen LogP contribution < -0.4 is 15.4 Å². The summed E-state index contributed by atoms with van der Waals surface area (Å²) in [6.45, 7) is 0. The van der Waals surface area contributed by atoms with Crippen LogP contribution in [0.4, 0.5) is 21.8 Å². The molecule has 0 bridgehead atoms. The highest BCUT2D eigenvalue weighted by atomic mass is 127. The molecule has 0 aliphatic carbocycles. The van der Waals surface area contributed by atoms with Gasteiger partial charge in [-0.25, -0.2) is 19.3 Å². The van der Waals surface area contributed by atoms with Crippen LogP contribution in [0.3, 0.4) is 0 Å². The van der Waals surface area contributed by atoms with Gasteiger partial charge in [0.2, 0.25) is 11.8 Å². The number of hydrogen-bond donors (Lipinski definition) is 2. The Morgan fingerprint density at radius 3 is 2.45 bits per heavy atom. The second kappa shape index (κ2) is 11.2. The lowest BCUT2D eigenvalue weighted by atomic mass is 10.0. The average molecular weight is 641 g/mol. The number of ether oxygens (including phenoxy) is 1. The van der Waals surface area contributed by atoms with Gasteiger partial charge in [0.25, 0.3) is 0 Å². The number of hydrogen-bond acceptors (Lipinski definition) is 8. The Morgan fingerprint density at radius 2 is 1.65 bits per heavy atom. The van der Waals surface area contributed by atoms with Crippen LogP contribution in [0.1, 0.15) is 0 Å². The molecule has 3 heterocycles. The summed E-state index contributed by atoms with van der Waals surface area (Å²) in [6, 6.07) is 25.3. The fourth-order valence-corrected chi connectivity index (χ4v) is 4.97. The van der Waals surface area contributed by atoms with Gasteiger partial charge >= 0.3 is 0 Å². The van der Waals surface area contributed by atoms with Crippen molar-refractivity contribution in [2.75, 3.05) is 17.7 Å². The molecule has 0 saturated heterocycles. The molecule has 0 fully saturated rings. The van der Waals surface area contributed by atoms with Crippen LogP contribution >= 0.6 is 22.6 Å². The van der Waals surface area contributed by atoms with Crippen LogP contribution in [0.15, 0.2) is 97.3 Å². The molecule has 2 N–H and O–H groups in total. The Morgan fingerprint density at radius 1 is 0.825 bits per heavy atom. The highest BCUT2D eigenvalue weighted by molar-refractivity contribution is 14.1. The van der Waals surface area contributed by atoms with Gasteiger partial charge in [-0.05, 0) is 95.4 Å². The van der Waals surface area contributed by atoms with Crippen molar-refractivity contribution >= 4 is 50.8 Å². The van der Waals surface area contributed by atoms with Crippen molar-refractivity contribution in [2.24, 2.45) is 0 Å². The predicted octanol–water partition coefficient (Wildman–Crippen LogP) is 7.47. The van der Waals surface area contributed by atoms with E-state index in [4.69, 9.17) is 4.74 Å². The van der Waals surface area contributed by atoms with Crippen molar-refractivity contribution in [3.63, 3.8) is 0 Å². The van der Waals surface area contributed by atoms with Crippen molar-refractivity contribution in [3.8, 4) is 34.1 Å². The van der Waals surface area contributed by atoms with Crippen LogP contribution in [0.2, 0.25) is 0 Å². The summed E-state index contributed by atoms with van der Waals surface area (Å²) in [5.74, 6) is 1.89. The number of nitrogens with zero attached hydrogens (tertiary/aromatic N) is 5. The molecule has 0 spiro atoms. The second-order valence-electron chi connectivity index (χ2n) is 8.69. The summed E-state index contributed by atoms with van der Waals surface area (Å²) in [5, 5.41) is 17.1. The van der Waals surface area contributed by atoms with E-state index >= 15 is 0 Å². The first-order valence-electron chi connectivity index (χ1n) is 12.3. The van der Waals surface area contributed by atoms with Crippen LogP contribution in [0.25, 0.3) is 33.3 Å².